The minimum absolute atomic E-state index is 0.746. The molecule has 0 saturated carbocycles. The van der Waals surface area contributed by atoms with Crippen molar-refractivity contribution in [3.05, 3.63) is 35.4 Å². The minimum atomic E-state index is 0.746. The molecule has 1 heterocycles. The van der Waals surface area contributed by atoms with E-state index in [1.165, 1.54) is 35.5 Å². The first-order chi connectivity index (χ1) is 7.92. The van der Waals surface area contributed by atoms with Crippen LogP contribution in [-0.2, 0) is 11.4 Å². The first-order valence-electron chi connectivity index (χ1n) is 5.83. The molecule has 0 unspecified atom stereocenters. The summed E-state index contributed by atoms with van der Waals surface area (Å²) in [5.74, 6) is 3.35. The average Bonchev–Trinajstić information content (AvgIpc) is 2.38. The molecule has 88 valence electrons. The van der Waals surface area contributed by atoms with Gasteiger partial charge in [-0.15, -0.1) is 0 Å². The van der Waals surface area contributed by atoms with E-state index in [0.29, 0.717) is 0 Å². The van der Waals surface area contributed by atoms with Crippen LogP contribution in [0.15, 0.2) is 24.3 Å². The van der Waals surface area contributed by atoms with E-state index in [-0.39, 0.29) is 0 Å². The number of hydrogen-bond donors (Lipinski definition) is 1. The molecule has 1 fully saturated rings. The number of rotatable bonds is 4. The molecule has 0 aromatic heterocycles. The lowest BCUT2D eigenvalue weighted by molar-refractivity contribution is 0.0864. The molecule has 0 amide bonds. The molecule has 1 N–H and O–H groups in total. The zero-order valence-corrected chi connectivity index (χ0v) is 10.6. The number of nitrogens with one attached hydrogen (secondary N) is 1. The number of hydrogen-bond acceptors (Lipinski definition) is 3. The number of hydroxylamine groups is 1. The topological polar surface area (TPSA) is 21.3 Å². The Balaban J connectivity index is 2.11. The average molecular weight is 237 g/mol. The third-order valence-corrected chi connectivity index (χ3v) is 4.17. The van der Waals surface area contributed by atoms with Crippen LogP contribution in [0.3, 0.4) is 0 Å². The van der Waals surface area contributed by atoms with Crippen molar-refractivity contribution in [3.63, 3.8) is 0 Å². The van der Waals surface area contributed by atoms with Gasteiger partial charge in [-0.1, -0.05) is 24.3 Å². The van der Waals surface area contributed by atoms with Crippen LogP contribution in [0.25, 0.3) is 0 Å². The normalized spacial score (nSPS) is 17.6. The van der Waals surface area contributed by atoms with Gasteiger partial charge in [0.2, 0.25) is 0 Å². The highest BCUT2D eigenvalue weighted by atomic mass is 32.2. The fourth-order valence-electron chi connectivity index (χ4n) is 2.25. The first-order valence-corrected chi connectivity index (χ1v) is 6.98. The maximum absolute atomic E-state index is 4.93. The van der Waals surface area contributed by atoms with Crippen molar-refractivity contribution < 1.29 is 4.84 Å². The minimum Gasteiger partial charge on any atom is -0.305 e. The largest absolute Gasteiger partial charge is 0.305 e. The zero-order chi connectivity index (χ0) is 11.2. The molecule has 1 aliphatic rings. The fourth-order valence-corrected chi connectivity index (χ4v) is 3.36. The molecule has 0 aliphatic carbocycles. The molecule has 1 saturated heterocycles. The van der Waals surface area contributed by atoms with E-state index in [2.05, 4.69) is 41.5 Å². The van der Waals surface area contributed by atoms with Crippen LogP contribution in [0.2, 0.25) is 0 Å². The quantitative estimate of drug-likeness (QED) is 0.814. The highest BCUT2D eigenvalue weighted by Crippen LogP contribution is 2.33. The van der Waals surface area contributed by atoms with Gasteiger partial charge >= 0.3 is 0 Å². The van der Waals surface area contributed by atoms with Crippen molar-refractivity contribution in [2.45, 2.75) is 25.3 Å². The Morgan fingerprint density at radius 3 is 2.81 bits per heavy atom. The SMILES string of the molecule is CONCc1ccccc1C1CCSCC1. The van der Waals surface area contributed by atoms with Crippen LogP contribution < -0.4 is 5.48 Å². The molecule has 0 atom stereocenters. The van der Waals surface area contributed by atoms with Gasteiger partial charge < -0.3 is 4.84 Å². The first kappa shape index (κ1) is 12.0. The summed E-state index contributed by atoms with van der Waals surface area (Å²) in [6.07, 6.45) is 2.63. The summed E-state index contributed by atoms with van der Waals surface area (Å²) in [6.45, 7) is 0.802. The standard InChI is InChI=1S/C13H19NOS/c1-15-14-10-12-4-2-3-5-13(12)11-6-8-16-9-7-11/h2-5,11,14H,6-10H2,1H3. The molecule has 2 nitrogen and oxygen atoms in total. The Morgan fingerprint density at radius 2 is 2.06 bits per heavy atom. The summed E-state index contributed by atoms with van der Waals surface area (Å²) in [4.78, 5) is 4.93. The second kappa shape index (κ2) is 6.28. The lowest BCUT2D eigenvalue weighted by atomic mass is 9.90. The van der Waals surface area contributed by atoms with E-state index >= 15 is 0 Å². The van der Waals surface area contributed by atoms with Gasteiger partial charge in [0.25, 0.3) is 0 Å². The Bertz CT molecular complexity index is 323. The van der Waals surface area contributed by atoms with Crippen LogP contribution in [0, 0.1) is 0 Å². The molecule has 1 aromatic rings. The number of benzene rings is 1. The van der Waals surface area contributed by atoms with Crippen molar-refractivity contribution in [3.8, 4) is 0 Å². The summed E-state index contributed by atoms with van der Waals surface area (Å²) in [5.41, 5.74) is 5.82. The lowest BCUT2D eigenvalue weighted by Gasteiger charge is -2.24. The molecule has 1 aromatic carbocycles. The fraction of sp³-hybridized carbons (Fsp3) is 0.538. The van der Waals surface area contributed by atoms with E-state index in [1.807, 2.05) is 0 Å². The Hall–Kier alpha value is -0.510. The molecular formula is C13H19NOS. The summed E-state index contributed by atoms with van der Waals surface area (Å²) in [5, 5.41) is 0. The van der Waals surface area contributed by atoms with Crippen LogP contribution in [0.4, 0.5) is 0 Å². The van der Waals surface area contributed by atoms with Crippen molar-refractivity contribution in [2.24, 2.45) is 0 Å². The molecule has 1 aliphatic heterocycles. The van der Waals surface area contributed by atoms with E-state index in [1.54, 1.807) is 7.11 Å². The Kier molecular flexibility index (Phi) is 4.69. The molecule has 3 heteroatoms. The maximum Gasteiger partial charge on any atom is 0.0572 e. The van der Waals surface area contributed by atoms with Gasteiger partial charge in [0.1, 0.15) is 0 Å². The summed E-state index contributed by atoms with van der Waals surface area (Å²) < 4.78 is 0. The summed E-state index contributed by atoms with van der Waals surface area (Å²) in [7, 11) is 1.67. The van der Waals surface area contributed by atoms with Gasteiger partial charge in [0.05, 0.1) is 7.11 Å². The van der Waals surface area contributed by atoms with Crippen molar-refractivity contribution in [1.82, 2.24) is 5.48 Å². The third kappa shape index (κ3) is 3.00. The maximum atomic E-state index is 4.93. The summed E-state index contributed by atoms with van der Waals surface area (Å²) >= 11 is 2.08. The molecule has 0 bridgehead atoms. The van der Waals surface area contributed by atoms with Crippen LogP contribution >= 0.6 is 11.8 Å². The van der Waals surface area contributed by atoms with Gasteiger partial charge in [-0.2, -0.15) is 17.2 Å². The number of thioether (sulfide) groups is 1. The molecule has 16 heavy (non-hydrogen) atoms. The van der Waals surface area contributed by atoms with Crippen LogP contribution in [0.1, 0.15) is 29.9 Å². The molecule has 2 rings (SSSR count). The van der Waals surface area contributed by atoms with E-state index in [9.17, 15) is 0 Å². The Labute approximate surface area is 102 Å². The summed E-state index contributed by atoms with van der Waals surface area (Å²) in [6, 6.07) is 8.72. The van der Waals surface area contributed by atoms with Gasteiger partial charge in [-0.25, -0.2) is 0 Å². The predicted molar refractivity (Wildman–Crippen MR) is 69.6 cm³/mol. The van der Waals surface area contributed by atoms with Crippen LogP contribution in [-0.4, -0.2) is 18.6 Å². The molecule has 0 spiro atoms. The molecular weight excluding hydrogens is 218 g/mol. The van der Waals surface area contributed by atoms with Gasteiger partial charge in [-0.3, -0.25) is 0 Å². The second-order valence-electron chi connectivity index (χ2n) is 4.11. The van der Waals surface area contributed by atoms with Crippen molar-refractivity contribution in [2.75, 3.05) is 18.6 Å². The van der Waals surface area contributed by atoms with Crippen molar-refractivity contribution >= 4 is 11.8 Å². The van der Waals surface area contributed by atoms with E-state index < -0.39 is 0 Å². The monoisotopic (exact) mass is 237 g/mol. The second-order valence-corrected chi connectivity index (χ2v) is 5.34. The Morgan fingerprint density at radius 1 is 1.31 bits per heavy atom. The highest BCUT2D eigenvalue weighted by Gasteiger charge is 2.17. The zero-order valence-electron chi connectivity index (χ0n) is 9.74. The lowest BCUT2D eigenvalue weighted by Crippen LogP contribution is -2.15. The van der Waals surface area contributed by atoms with Crippen LogP contribution in [0.5, 0.6) is 0 Å². The predicted octanol–water partition coefficient (Wildman–Crippen LogP) is 2.95. The molecule has 0 radical (unpaired) electrons. The van der Waals surface area contributed by atoms with Gasteiger partial charge in [0, 0.05) is 6.54 Å². The van der Waals surface area contributed by atoms with Gasteiger partial charge in [-0.05, 0) is 41.4 Å². The third-order valence-electron chi connectivity index (χ3n) is 3.12. The van der Waals surface area contributed by atoms with E-state index in [0.717, 1.165) is 12.5 Å². The van der Waals surface area contributed by atoms with Crippen molar-refractivity contribution in [1.29, 1.82) is 0 Å². The van der Waals surface area contributed by atoms with E-state index in [4.69, 9.17) is 4.84 Å². The highest BCUT2D eigenvalue weighted by molar-refractivity contribution is 7.99. The smallest absolute Gasteiger partial charge is 0.0572 e. The van der Waals surface area contributed by atoms with Gasteiger partial charge in [0.15, 0.2) is 0 Å².